The summed E-state index contributed by atoms with van der Waals surface area (Å²) >= 11 is 0. The number of rotatable bonds is 5. The fourth-order valence-corrected chi connectivity index (χ4v) is 1.55. The van der Waals surface area contributed by atoms with Crippen molar-refractivity contribution in [2.75, 3.05) is 21.3 Å². The van der Waals surface area contributed by atoms with Gasteiger partial charge in [0.05, 0.1) is 0 Å². The molecule has 0 heterocycles. The predicted octanol–water partition coefficient (Wildman–Crippen LogP) is 1.22. The van der Waals surface area contributed by atoms with Crippen LogP contribution in [0.25, 0.3) is 0 Å². The number of methoxy groups -OCH3 is 2. The zero-order valence-electron chi connectivity index (χ0n) is 7.57. The van der Waals surface area contributed by atoms with E-state index in [9.17, 15) is 13.2 Å². The monoisotopic (exact) mass is 216 g/mol. The molecule has 13 heavy (non-hydrogen) atoms. The van der Waals surface area contributed by atoms with Crippen molar-refractivity contribution in [1.82, 2.24) is 0 Å². The summed E-state index contributed by atoms with van der Waals surface area (Å²) in [7, 11) is 2.92. The molecule has 0 N–H and O–H groups in total. The van der Waals surface area contributed by atoms with Crippen LogP contribution in [-0.4, -0.2) is 43.1 Å². The standard InChI is InChI=1S/C6H11F3O3Si/c1-10-5(11-2,4-13-12-3)6(7,8)9/h4H2,1-3H3. The third kappa shape index (κ3) is 2.94. The van der Waals surface area contributed by atoms with Crippen LogP contribution in [-0.2, 0) is 13.9 Å². The van der Waals surface area contributed by atoms with Gasteiger partial charge in [-0.25, -0.2) is 0 Å². The fourth-order valence-electron chi connectivity index (χ4n) is 0.727. The Kier molecular flexibility index (Phi) is 4.90. The van der Waals surface area contributed by atoms with Gasteiger partial charge in [-0.3, -0.25) is 0 Å². The second-order valence-corrected chi connectivity index (χ2v) is 3.23. The molecule has 0 aromatic carbocycles. The topological polar surface area (TPSA) is 27.7 Å². The molecule has 78 valence electrons. The van der Waals surface area contributed by atoms with Gasteiger partial charge in [0, 0.05) is 27.4 Å². The first-order valence-electron chi connectivity index (χ1n) is 3.36. The molecule has 0 atom stereocenters. The molecular weight excluding hydrogens is 205 g/mol. The average molecular weight is 216 g/mol. The lowest BCUT2D eigenvalue weighted by atomic mass is 10.3. The van der Waals surface area contributed by atoms with Crippen LogP contribution >= 0.6 is 0 Å². The van der Waals surface area contributed by atoms with Gasteiger partial charge in [0.1, 0.15) is 0 Å². The first-order chi connectivity index (χ1) is 5.93. The molecule has 0 spiro atoms. The van der Waals surface area contributed by atoms with Crippen molar-refractivity contribution < 1.29 is 27.1 Å². The van der Waals surface area contributed by atoms with Gasteiger partial charge in [0.25, 0.3) is 5.79 Å². The Morgan fingerprint density at radius 2 is 1.54 bits per heavy atom. The third-order valence-corrected chi connectivity index (χ3v) is 2.44. The minimum absolute atomic E-state index is 0.317. The van der Waals surface area contributed by atoms with Gasteiger partial charge in [0.2, 0.25) is 9.76 Å². The SMILES string of the molecule is CO[Si]CC(OC)(OC)C(F)(F)F. The Bertz CT molecular complexity index is 147. The van der Waals surface area contributed by atoms with Crippen molar-refractivity contribution in [3.05, 3.63) is 0 Å². The molecule has 3 nitrogen and oxygen atoms in total. The van der Waals surface area contributed by atoms with Crippen molar-refractivity contribution in [3.63, 3.8) is 0 Å². The van der Waals surface area contributed by atoms with Crippen molar-refractivity contribution in [3.8, 4) is 0 Å². The lowest BCUT2D eigenvalue weighted by molar-refractivity contribution is -0.357. The first kappa shape index (κ1) is 12.9. The van der Waals surface area contributed by atoms with Crippen LogP contribution < -0.4 is 0 Å². The second kappa shape index (κ2) is 4.94. The van der Waals surface area contributed by atoms with Crippen molar-refractivity contribution in [2.24, 2.45) is 0 Å². The quantitative estimate of drug-likeness (QED) is 0.511. The Labute approximate surface area is 77.1 Å². The van der Waals surface area contributed by atoms with E-state index in [4.69, 9.17) is 0 Å². The van der Waals surface area contributed by atoms with E-state index < -0.39 is 12.0 Å². The van der Waals surface area contributed by atoms with Gasteiger partial charge in [-0.15, -0.1) is 0 Å². The maximum Gasteiger partial charge on any atom is 0.442 e. The van der Waals surface area contributed by atoms with Crippen LogP contribution in [0.1, 0.15) is 0 Å². The molecule has 7 heteroatoms. The summed E-state index contributed by atoms with van der Waals surface area (Å²) < 4.78 is 50.4. The summed E-state index contributed by atoms with van der Waals surface area (Å²) in [5, 5.41) is 0. The number of hydrogen-bond donors (Lipinski definition) is 0. The smallest absolute Gasteiger partial charge is 0.420 e. The maximum atomic E-state index is 12.4. The number of halogens is 3. The van der Waals surface area contributed by atoms with Crippen molar-refractivity contribution >= 4 is 9.76 Å². The molecule has 0 aromatic heterocycles. The third-order valence-electron chi connectivity index (χ3n) is 1.54. The maximum absolute atomic E-state index is 12.4. The zero-order chi connectivity index (χ0) is 10.5. The van der Waals surface area contributed by atoms with Crippen LogP contribution in [0.4, 0.5) is 13.2 Å². The molecule has 0 saturated heterocycles. The Balaban J connectivity index is 4.50. The van der Waals surface area contributed by atoms with E-state index in [0.29, 0.717) is 0 Å². The first-order valence-corrected chi connectivity index (χ1v) is 4.48. The Morgan fingerprint density at radius 1 is 1.08 bits per heavy atom. The summed E-state index contributed by atoms with van der Waals surface area (Å²) in [5.74, 6) is -2.54. The van der Waals surface area contributed by atoms with E-state index >= 15 is 0 Å². The molecule has 0 amide bonds. The molecule has 0 aliphatic rings. The van der Waals surface area contributed by atoms with Gasteiger partial charge < -0.3 is 13.9 Å². The lowest BCUT2D eigenvalue weighted by Gasteiger charge is -2.31. The average Bonchev–Trinajstić information content (AvgIpc) is 2.05. The highest BCUT2D eigenvalue weighted by atomic mass is 28.2. The molecule has 0 saturated carbocycles. The molecule has 0 aliphatic heterocycles. The molecule has 0 rings (SSSR count). The summed E-state index contributed by atoms with van der Waals surface area (Å²) in [6, 6.07) is -0.361. The highest BCUT2D eigenvalue weighted by Gasteiger charge is 2.56. The van der Waals surface area contributed by atoms with Crippen LogP contribution in [0.2, 0.25) is 6.04 Å². The van der Waals surface area contributed by atoms with Crippen LogP contribution in [0.15, 0.2) is 0 Å². The molecular formula is C6H11F3O3Si. The van der Waals surface area contributed by atoms with Crippen LogP contribution in [0, 0.1) is 0 Å². The Morgan fingerprint density at radius 3 is 1.77 bits per heavy atom. The lowest BCUT2D eigenvalue weighted by Crippen LogP contribution is -2.49. The number of alkyl halides is 3. The molecule has 2 radical (unpaired) electrons. The number of hydrogen-bond acceptors (Lipinski definition) is 3. The van der Waals surface area contributed by atoms with E-state index in [1.54, 1.807) is 0 Å². The minimum Gasteiger partial charge on any atom is -0.420 e. The zero-order valence-corrected chi connectivity index (χ0v) is 8.57. The largest absolute Gasteiger partial charge is 0.442 e. The Hall–Kier alpha value is -0.113. The summed E-state index contributed by atoms with van der Waals surface area (Å²) in [4.78, 5) is 0. The van der Waals surface area contributed by atoms with E-state index in [0.717, 1.165) is 14.2 Å². The van der Waals surface area contributed by atoms with E-state index in [1.165, 1.54) is 7.11 Å². The van der Waals surface area contributed by atoms with Gasteiger partial charge >= 0.3 is 6.18 Å². The van der Waals surface area contributed by atoms with E-state index in [-0.39, 0.29) is 15.8 Å². The van der Waals surface area contributed by atoms with Gasteiger partial charge in [-0.05, 0) is 0 Å². The normalized spacial score (nSPS) is 13.4. The van der Waals surface area contributed by atoms with Gasteiger partial charge in [-0.2, -0.15) is 13.2 Å². The molecule has 0 aromatic rings. The van der Waals surface area contributed by atoms with E-state index in [1.807, 2.05) is 0 Å². The number of ether oxygens (including phenoxy) is 2. The highest BCUT2D eigenvalue weighted by Crippen LogP contribution is 2.36. The molecule has 0 unspecified atom stereocenters. The molecule has 0 bridgehead atoms. The minimum atomic E-state index is -4.55. The fraction of sp³-hybridized carbons (Fsp3) is 1.00. The van der Waals surface area contributed by atoms with E-state index in [2.05, 4.69) is 13.9 Å². The van der Waals surface area contributed by atoms with Crippen molar-refractivity contribution in [2.45, 2.75) is 18.0 Å². The summed E-state index contributed by atoms with van der Waals surface area (Å²) in [6.07, 6.45) is -4.55. The van der Waals surface area contributed by atoms with Crippen LogP contribution in [0.3, 0.4) is 0 Å². The molecule has 0 fully saturated rings. The second-order valence-electron chi connectivity index (χ2n) is 2.18. The molecule has 0 aliphatic carbocycles. The summed E-state index contributed by atoms with van der Waals surface area (Å²) in [6.45, 7) is 0. The predicted molar refractivity (Wildman–Crippen MR) is 40.4 cm³/mol. The van der Waals surface area contributed by atoms with Crippen molar-refractivity contribution in [1.29, 1.82) is 0 Å². The van der Waals surface area contributed by atoms with Crippen LogP contribution in [0.5, 0.6) is 0 Å². The van der Waals surface area contributed by atoms with Gasteiger partial charge in [-0.1, -0.05) is 0 Å². The highest BCUT2D eigenvalue weighted by molar-refractivity contribution is 6.27. The summed E-state index contributed by atoms with van der Waals surface area (Å²) in [5.41, 5.74) is 0. The van der Waals surface area contributed by atoms with Gasteiger partial charge in [0.15, 0.2) is 0 Å².